The van der Waals surface area contributed by atoms with Gasteiger partial charge in [0.05, 0.1) is 6.26 Å². The minimum absolute atomic E-state index is 0.0136. The van der Waals surface area contributed by atoms with Gasteiger partial charge in [0, 0.05) is 23.2 Å². The van der Waals surface area contributed by atoms with E-state index in [0.29, 0.717) is 12.0 Å². The second-order valence-corrected chi connectivity index (χ2v) is 10.6. The second kappa shape index (κ2) is 8.69. The van der Waals surface area contributed by atoms with Crippen LogP contribution in [-0.4, -0.2) is 46.1 Å². The molecule has 3 aliphatic rings. The normalized spacial score (nSPS) is 39.6. The lowest BCUT2D eigenvalue weighted by atomic mass is 9.56. The predicted octanol–water partition coefficient (Wildman–Crippen LogP) is 4.42. The molecule has 0 saturated heterocycles. The Balaban J connectivity index is 1.76. The maximum Gasteiger partial charge on any atom is 0.375 e. The molecule has 4 rings (SSSR count). The van der Waals surface area contributed by atoms with Gasteiger partial charge in [-0.25, -0.2) is 18.4 Å². The molecule has 2 fully saturated rings. The van der Waals surface area contributed by atoms with Crippen LogP contribution in [0.2, 0.25) is 0 Å². The number of carbonyl (C=O) groups excluding carboxylic acids is 2. The third-order valence-electron chi connectivity index (χ3n) is 8.53. The highest BCUT2D eigenvalue weighted by atomic mass is 19.1. The van der Waals surface area contributed by atoms with Crippen LogP contribution < -0.4 is 0 Å². The molecule has 0 aliphatic heterocycles. The smallest absolute Gasteiger partial charge is 0.375 e. The molecule has 8 atom stereocenters. The molecule has 1 aromatic heterocycles. The van der Waals surface area contributed by atoms with E-state index in [0.717, 1.165) is 0 Å². The minimum Gasteiger partial charge on any atom is -0.478 e. The largest absolute Gasteiger partial charge is 0.478 e. The van der Waals surface area contributed by atoms with Crippen molar-refractivity contribution >= 4 is 17.7 Å². The summed E-state index contributed by atoms with van der Waals surface area (Å²) in [7, 11) is 0. The summed E-state index contributed by atoms with van der Waals surface area (Å²) >= 11 is 0. The van der Waals surface area contributed by atoms with E-state index in [-0.39, 0.29) is 24.4 Å². The Morgan fingerprint density at radius 1 is 1.31 bits per heavy atom. The van der Waals surface area contributed by atoms with Gasteiger partial charge in [-0.15, -0.1) is 0 Å². The van der Waals surface area contributed by atoms with Crippen molar-refractivity contribution in [3.63, 3.8) is 0 Å². The predicted molar refractivity (Wildman–Crippen MR) is 120 cm³/mol. The number of aliphatic hydroxyl groups is 1. The fraction of sp³-hybridized carbons (Fsp3) is 0.577. The molecule has 190 valence electrons. The summed E-state index contributed by atoms with van der Waals surface area (Å²) < 4.78 is 40.4. The fourth-order valence-corrected chi connectivity index (χ4v) is 7.01. The molecule has 0 spiro atoms. The Hall–Kier alpha value is -2.81. The number of alkyl halides is 2. The lowest BCUT2D eigenvalue weighted by Crippen LogP contribution is -2.59. The van der Waals surface area contributed by atoms with Crippen LogP contribution in [0.15, 0.2) is 46.6 Å². The van der Waals surface area contributed by atoms with E-state index in [1.54, 1.807) is 13.0 Å². The first-order valence-corrected chi connectivity index (χ1v) is 11.8. The third kappa shape index (κ3) is 3.93. The number of ketones is 1. The van der Waals surface area contributed by atoms with Crippen LogP contribution >= 0.6 is 0 Å². The molecule has 0 amide bonds. The van der Waals surface area contributed by atoms with E-state index in [9.17, 15) is 29.0 Å². The summed E-state index contributed by atoms with van der Waals surface area (Å²) in [5.41, 5.74) is -4.12. The average Bonchev–Trinajstić information content (AvgIpc) is 3.36. The van der Waals surface area contributed by atoms with E-state index in [1.165, 1.54) is 37.5 Å². The monoisotopic (exact) mass is 492 g/mol. The van der Waals surface area contributed by atoms with Gasteiger partial charge in [0.2, 0.25) is 11.4 Å². The van der Waals surface area contributed by atoms with Crippen LogP contribution in [-0.2, 0) is 14.3 Å². The van der Waals surface area contributed by atoms with Crippen molar-refractivity contribution in [1.29, 1.82) is 0 Å². The molecule has 0 radical (unpaired) electrons. The van der Waals surface area contributed by atoms with Crippen molar-refractivity contribution in [2.75, 3.05) is 0 Å². The van der Waals surface area contributed by atoms with Gasteiger partial charge in [-0.3, -0.25) is 4.79 Å². The minimum atomic E-state index is -2.38. The maximum absolute atomic E-state index is 15.4. The number of ether oxygens (including phenoxy) is 1. The number of fused-ring (bicyclic) bond motifs is 1. The number of halogens is 2. The van der Waals surface area contributed by atoms with E-state index in [2.05, 4.69) is 0 Å². The molecule has 7 nitrogen and oxygen atoms in total. The average molecular weight is 493 g/mol. The molecule has 0 aromatic carbocycles. The highest BCUT2D eigenvalue weighted by Gasteiger charge is 2.70. The van der Waals surface area contributed by atoms with Gasteiger partial charge in [-0.05, 0) is 61.0 Å². The molecule has 2 saturated carbocycles. The molecule has 3 aliphatic carbocycles. The summed E-state index contributed by atoms with van der Waals surface area (Å²) in [5.74, 6) is -4.73. The lowest BCUT2D eigenvalue weighted by molar-refractivity contribution is -0.188. The first-order chi connectivity index (χ1) is 16.3. The quantitative estimate of drug-likeness (QED) is 0.565. The molecular formula is C26H30F2O7. The molecule has 4 unspecified atom stereocenters. The zero-order valence-electron chi connectivity index (χ0n) is 19.9. The summed E-state index contributed by atoms with van der Waals surface area (Å²) in [6, 6.07) is 2.78. The van der Waals surface area contributed by atoms with Crippen LogP contribution in [0.5, 0.6) is 0 Å². The van der Waals surface area contributed by atoms with Crippen LogP contribution in [0.25, 0.3) is 0 Å². The van der Waals surface area contributed by atoms with Gasteiger partial charge in [-0.2, -0.15) is 0 Å². The van der Waals surface area contributed by atoms with Crippen LogP contribution in [0.1, 0.15) is 57.0 Å². The maximum atomic E-state index is 15.4. The van der Waals surface area contributed by atoms with E-state index >= 15 is 4.39 Å². The van der Waals surface area contributed by atoms with Crippen molar-refractivity contribution in [2.24, 2.45) is 28.6 Å². The topological polar surface area (TPSA) is 114 Å². The van der Waals surface area contributed by atoms with Crippen molar-refractivity contribution in [2.45, 2.75) is 64.6 Å². The van der Waals surface area contributed by atoms with Gasteiger partial charge >= 0.3 is 11.9 Å². The SMILES string of the molecule is C[C@@H]1CC(C2C[C@H](F)C3=CC(=O)C=C[C@]3(C)C2)[C@](C)(CC(O)F)C1(OC(=O)c1ccco1)C(=O)O. The Kier molecular flexibility index (Phi) is 6.28. The Labute approximate surface area is 201 Å². The number of hydrogen-bond acceptors (Lipinski definition) is 6. The summed E-state index contributed by atoms with van der Waals surface area (Å²) in [6.45, 7) is 4.92. The highest BCUT2D eigenvalue weighted by Crippen LogP contribution is 2.64. The molecule has 0 bridgehead atoms. The zero-order valence-corrected chi connectivity index (χ0v) is 19.9. The molecular weight excluding hydrogens is 462 g/mol. The van der Waals surface area contributed by atoms with Gasteiger partial charge in [0.15, 0.2) is 12.1 Å². The number of furan rings is 1. The Morgan fingerprint density at radius 2 is 2.03 bits per heavy atom. The number of carbonyl (C=O) groups is 3. The van der Waals surface area contributed by atoms with E-state index < -0.39 is 65.1 Å². The number of rotatable bonds is 6. The van der Waals surface area contributed by atoms with Crippen molar-refractivity contribution in [1.82, 2.24) is 0 Å². The number of aliphatic carboxylic acids is 1. The zero-order chi connectivity index (χ0) is 25.8. The highest BCUT2D eigenvalue weighted by molar-refractivity contribution is 6.01. The second-order valence-electron chi connectivity index (χ2n) is 10.6. The Morgan fingerprint density at radius 3 is 2.63 bits per heavy atom. The first-order valence-electron chi connectivity index (χ1n) is 11.8. The number of carboxylic acid groups (broad SMARTS) is 1. The third-order valence-corrected chi connectivity index (χ3v) is 8.53. The molecule has 1 heterocycles. The van der Waals surface area contributed by atoms with Gasteiger partial charge < -0.3 is 19.4 Å². The number of esters is 1. The fourth-order valence-electron chi connectivity index (χ4n) is 7.01. The Bertz CT molecular complexity index is 1080. The standard InChI is InChI=1S/C26H30F2O7/c1-14-9-17(15-10-19(27)18-11-16(29)6-7-24(18,2)12-15)25(3,13-21(28)30)26(14,23(32)33)35-22(31)20-5-4-8-34-20/h4-8,11,14-15,17,19,21,30H,9-10,12-13H2,1-3H3,(H,32,33)/t14-,15?,17?,19+,21?,24-,25+,26?/m1/s1. The van der Waals surface area contributed by atoms with Crippen LogP contribution in [0.3, 0.4) is 0 Å². The van der Waals surface area contributed by atoms with Crippen molar-refractivity contribution in [3.05, 3.63) is 48.0 Å². The van der Waals surface area contributed by atoms with Crippen LogP contribution in [0.4, 0.5) is 8.78 Å². The summed E-state index contributed by atoms with van der Waals surface area (Å²) in [4.78, 5) is 37.5. The van der Waals surface area contributed by atoms with Gasteiger partial charge in [-0.1, -0.05) is 26.8 Å². The van der Waals surface area contributed by atoms with Crippen LogP contribution in [0, 0.1) is 28.6 Å². The summed E-state index contributed by atoms with van der Waals surface area (Å²) in [6.07, 6.45) is 1.83. The lowest BCUT2D eigenvalue weighted by Gasteiger charge is -2.49. The number of allylic oxidation sites excluding steroid dienone is 4. The number of carboxylic acids is 1. The summed E-state index contributed by atoms with van der Waals surface area (Å²) in [5, 5.41) is 20.2. The van der Waals surface area contributed by atoms with Crippen molar-refractivity contribution < 1.29 is 42.5 Å². The van der Waals surface area contributed by atoms with Gasteiger partial charge in [0.25, 0.3) is 0 Å². The van der Waals surface area contributed by atoms with Crippen molar-refractivity contribution in [3.8, 4) is 0 Å². The molecule has 1 aromatic rings. The van der Waals surface area contributed by atoms with Gasteiger partial charge in [0.1, 0.15) is 6.17 Å². The van der Waals surface area contributed by atoms with E-state index in [1.807, 2.05) is 6.92 Å². The molecule has 9 heteroatoms. The van der Waals surface area contributed by atoms with E-state index in [4.69, 9.17) is 9.15 Å². The number of aliphatic hydroxyl groups excluding tert-OH is 1. The molecule has 35 heavy (non-hydrogen) atoms. The molecule has 2 N–H and O–H groups in total. The first kappa shape index (κ1) is 25.3. The number of hydrogen-bond donors (Lipinski definition) is 2.